The molecule has 0 aliphatic rings. The Hall–Kier alpha value is -1.97. The zero-order chi connectivity index (χ0) is 14.6. The summed E-state index contributed by atoms with van der Waals surface area (Å²) >= 11 is 0. The van der Waals surface area contributed by atoms with Crippen LogP contribution < -0.4 is 5.32 Å². The number of anilines is 1. The molecule has 0 fully saturated rings. The van der Waals surface area contributed by atoms with Gasteiger partial charge in [0.05, 0.1) is 5.69 Å². The molecule has 0 bridgehead atoms. The molecule has 4 heteroatoms. The van der Waals surface area contributed by atoms with E-state index in [4.69, 9.17) is 4.98 Å². The Morgan fingerprint density at radius 1 is 1.10 bits per heavy atom. The molecule has 4 nitrogen and oxygen atoms in total. The third-order valence-electron chi connectivity index (χ3n) is 2.90. The van der Waals surface area contributed by atoms with E-state index in [0.717, 1.165) is 36.0 Å². The van der Waals surface area contributed by atoms with Crippen molar-refractivity contribution in [2.45, 2.75) is 39.5 Å². The zero-order valence-corrected chi connectivity index (χ0v) is 12.6. The second-order valence-electron chi connectivity index (χ2n) is 5.85. The molecule has 0 atom stereocenters. The highest BCUT2D eigenvalue weighted by atomic mass is 15.0. The van der Waals surface area contributed by atoms with E-state index in [0.29, 0.717) is 0 Å². The molecule has 0 spiro atoms. The minimum Gasteiger partial charge on any atom is -0.370 e. The third kappa shape index (κ3) is 3.76. The lowest BCUT2D eigenvalue weighted by Crippen LogP contribution is -2.18. The first-order valence-corrected chi connectivity index (χ1v) is 7.01. The van der Waals surface area contributed by atoms with Gasteiger partial charge in [-0.1, -0.05) is 26.8 Å². The zero-order valence-electron chi connectivity index (χ0n) is 12.6. The van der Waals surface area contributed by atoms with Crippen LogP contribution in [0, 0.1) is 0 Å². The predicted octanol–water partition coefficient (Wildman–Crippen LogP) is 3.19. The first-order chi connectivity index (χ1) is 9.49. The predicted molar refractivity (Wildman–Crippen MR) is 81.9 cm³/mol. The number of hydrogen-bond acceptors (Lipinski definition) is 4. The Bertz CT molecular complexity index is 558. The topological polar surface area (TPSA) is 50.7 Å². The molecule has 1 N–H and O–H groups in total. The van der Waals surface area contributed by atoms with Crippen LogP contribution in [0.5, 0.6) is 0 Å². The van der Waals surface area contributed by atoms with E-state index in [9.17, 15) is 0 Å². The van der Waals surface area contributed by atoms with Gasteiger partial charge in [0.2, 0.25) is 0 Å². The van der Waals surface area contributed by atoms with E-state index >= 15 is 0 Å². The van der Waals surface area contributed by atoms with Gasteiger partial charge in [-0.25, -0.2) is 9.97 Å². The van der Waals surface area contributed by atoms with Crippen molar-refractivity contribution in [1.29, 1.82) is 0 Å². The van der Waals surface area contributed by atoms with E-state index in [1.165, 1.54) is 0 Å². The highest BCUT2D eigenvalue weighted by Gasteiger charge is 2.19. The molecule has 0 saturated carbocycles. The van der Waals surface area contributed by atoms with Gasteiger partial charge in [-0.05, 0) is 19.1 Å². The van der Waals surface area contributed by atoms with Crippen molar-refractivity contribution >= 4 is 5.82 Å². The average Bonchev–Trinajstić information content (AvgIpc) is 2.39. The van der Waals surface area contributed by atoms with E-state index < -0.39 is 0 Å². The van der Waals surface area contributed by atoms with E-state index in [-0.39, 0.29) is 5.41 Å². The SMILES string of the molecule is CCNc1cc(Cc2ccccn2)nc(C(C)(C)C)n1. The van der Waals surface area contributed by atoms with Crippen molar-refractivity contribution in [3.05, 3.63) is 47.7 Å². The van der Waals surface area contributed by atoms with Crippen molar-refractivity contribution in [3.8, 4) is 0 Å². The summed E-state index contributed by atoms with van der Waals surface area (Å²) in [6.07, 6.45) is 2.54. The van der Waals surface area contributed by atoms with Crippen LogP contribution in [0.1, 0.15) is 44.9 Å². The standard InChI is InChI=1S/C16H22N4/c1-5-17-14-11-13(10-12-8-6-7-9-18-12)19-15(20-14)16(2,3)4/h6-9,11H,5,10H2,1-4H3,(H,17,19,20). The van der Waals surface area contributed by atoms with Gasteiger partial charge >= 0.3 is 0 Å². The van der Waals surface area contributed by atoms with Crippen molar-refractivity contribution in [2.75, 3.05) is 11.9 Å². The smallest absolute Gasteiger partial charge is 0.136 e. The Balaban J connectivity index is 2.34. The molecule has 0 aliphatic heterocycles. The molecular formula is C16H22N4. The van der Waals surface area contributed by atoms with Gasteiger partial charge < -0.3 is 5.32 Å². The van der Waals surface area contributed by atoms with Gasteiger partial charge in [0, 0.05) is 36.3 Å². The van der Waals surface area contributed by atoms with Crippen molar-refractivity contribution < 1.29 is 0 Å². The summed E-state index contributed by atoms with van der Waals surface area (Å²) in [6, 6.07) is 7.95. The highest BCUT2D eigenvalue weighted by Crippen LogP contribution is 2.21. The molecule has 2 rings (SSSR count). The first-order valence-electron chi connectivity index (χ1n) is 7.01. The molecular weight excluding hydrogens is 248 g/mol. The number of pyridine rings is 1. The Kier molecular flexibility index (Phi) is 4.32. The minimum absolute atomic E-state index is 0.0652. The molecule has 0 aromatic carbocycles. The molecule has 0 unspecified atom stereocenters. The molecule has 0 saturated heterocycles. The molecule has 2 aromatic heterocycles. The summed E-state index contributed by atoms with van der Waals surface area (Å²) in [5.74, 6) is 1.75. The summed E-state index contributed by atoms with van der Waals surface area (Å²) in [6.45, 7) is 9.30. The largest absolute Gasteiger partial charge is 0.370 e. The number of hydrogen-bond donors (Lipinski definition) is 1. The molecule has 2 aromatic rings. The van der Waals surface area contributed by atoms with E-state index in [1.54, 1.807) is 0 Å². The van der Waals surface area contributed by atoms with Gasteiger partial charge in [0.25, 0.3) is 0 Å². The van der Waals surface area contributed by atoms with Crippen LogP contribution in [0.2, 0.25) is 0 Å². The first kappa shape index (κ1) is 14.4. The maximum absolute atomic E-state index is 4.69. The number of rotatable bonds is 4. The lowest BCUT2D eigenvalue weighted by atomic mass is 9.95. The molecule has 0 amide bonds. The Morgan fingerprint density at radius 2 is 1.90 bits per heavy atom. The Morgan fingerprint density at radius 3 is 2.50 bits per heavy atom. The number of aromatic nitrogens is 3. The maximum Gasteiger partial charge on any atom is 0.136 e. The van der Waals surface area contributed by atoms with Crippen LogP contribution in [0.15, 0.2) is 30.5 Å². The van der Waals surface area contributed by atoms with E-state index in [1.807, 2.05) is 30.5 Å². The van der Waals surface area contributed by atoms with Gasteiger partial charge in [-0.2, -0.15) is 0 Å². The molecule has 2 heterocycles. The van der Waals surface area contributed by atoms with E-state index in [2.05, 4.69) is 43.0 Å². The van der Waals surface area contributed by atoms with Gasteiger partial charge in [-0.3, -0.25) is 4.98 Å². The molecule has 0 aliphatic carbocycles. The summed E-state index contributed by atoms with van der Waals surface area (Å²) in [7, 11) is 0. The molecule has 106 valence electrons. The fraction of sp³-hybridized carbons (Fsp3) is 0.438. The van der Waals surface area contributed by atoms with Crippen molar-refractivity contribution in [2.24, 2.45) is 0 Å². The summed E-state index contributed by atoms with van der Waals surface area (Å²) in [5, 5.41) is 3.27. The maximum atomic E-state index is 4.69. The second-order valence-corrected chi connectivity index (χ2v) is 5.85. The van der Waals surface area contributed by atoms with Gasteiger partial charge in [0.15, 0.2) is 0 Å². The summed E-state index contributed by atoms with van der Waals surface area (Å²) in [5.41, 5.74) is 1.96. The highest BCUT2D eigenvalue weighted by molar-refractivity contribution is 5.37. The lowest BCUT2D eigenvalue weighted by Gasteiger charge is -2.18. The quantitative estimate of drug-likeness (QED) is 0.927. The third-order valence-corrected chi connectivity index (χ3v) is 2.90. The fourth-order valence-corrected chi connectivity index (χ4v) is 1.88. The van der Waals surface area contributed by atoms with Crippen molar-refractivity contribution in [3.63, 3.8) is 0 Å². The molecule has 20 heavy (non-hydrogen) atoms. The minimum atomic E-state index is -0.0652. The summed E-state index contributed by atoms with van der Waals surface area (Å²) < 4.78 is 0. The number of nitrogens with one attached hydrogen (secondary N) is 1. The lowest BCUT2D eigenvalue weighted by molar-refractivity contribution is 0.542. The van der Waals surface area contributed by atoms with Crippen LogP contribution >= 0.6 is 0 Å². The molecule has 0 radical (unpaired) electrons. The van der Waals surface area contributed by atoms with Gasteiger partial charge in [0.1, 0.15) is 11.6 Å². The second kappa shape index (κ2) is 5.99. The normalized spacial score (nSPS) is 11.4. The number of nitrogens with zero attached hydrogens (tertiary/aromatic N) is 3. The van der Waals surface area contributed by atoms with Crippen LogP contribution in [-0.4, -0.2) is 21.5 Å². The van der Waals surface area contributed by atoms with Crippen LogP contribution in [0.25, 0.3) is 0 Å². The van der Waals surface area contributed by atoms with Gasteiger partial charge in [-0.15, -0.1) is 0 Å². The van der Waals surface area contributed by atoms with Crippen molar-refractivity contribution in [1.82, 2.24) is 15.0 Å². The monoisotopic (exact) mass is 270 g/mol. The van der Waals surface area contributed by atoms with Crippen LogP contribution in [0.4, 0.5) is 5.82 Å². The van der Waals surface area contributed by atoms with Crippen LogP contribution in [-0.2, 0) is 11.8 Å². The average molecular weight is 270 g/mol. The van der Waals surface area contributed by atoms with Crippen LogP contribution in [0.3, 0.4) is 0 Å². The summed E-state index contributed by atoms with van der Waals surface area (Å²) in [4.78, 5) is 13.6. The fourth-order valence-electron chi connectivity index (χ4n) is 1.88. The Labute approximate surface area is 120 Å².